The summed E-state index contributed by atoms with van der Waals surface area (Å²) in [6.45, 7) is 9.80. The Morgan fingerprint density at radius 3 is 2.89 bits per heavy atom. The molecule has 0 spiro atoms. The Hall–Kier alpha value is -0.540. The van der Waals surface area contributed by atoms with E-state index in [1.807, 2.05) is 0 Å². The lowest BCUT2D eigenvalue weighted by Gasteiger charge is -2.26. The van der Waals surface area contributed by atoms with Crippen molar-refractivity contribution in [2.45, 2.75) is 40.0 Å². The van der Waals surface area contributed by atoms with Gasteiger partial charge in [0.05, 0.1) is 6.61 Å². The quantitative estimate of drug-likeness (QED) is 0.799. The Morgan fingerprint density at radius 2 is 2.16 bits per heavy atom. The van der Waals surface area contributed by atoms with Gasteiger partial charge in [-0.1, -0.05) is 36.7 Å². The van der Waals surface area contributed by atoms with E-state index in [2.05, 4.69) is 54.2 Å². The molecule has 0 bridgehead atoms. The Balaban J connectivity index is 2.10. The van der Waals surface area contributed by atoms with Gasteiger partial charge in [0.25, 0.3) is 0 Å². The van der Waals surface area contributed by atoms with E-state index in [1.54, 1.807) is 0 Å². The molecule has 1 heterocycles. The second kappa shape index (κ2) is 6.27. The lowest BCUT2D eigenvalue weighted by Crippen LogP contribution is -2.24. The summed E-state index contributed by atoms with van der Waals surface area (Å²) in [7, 11) is 0. The van der Waals surface area contributed by atoms with E-state index in [9.17, 15) is 0 Å². The van der Waals surface area contributed by atoms with Crippen molar-refractivity contribution in [2.75, 3.05) is 19.7 Å². The predicted octanol–water partition coefficient (Wildman–Crippen LogP) is 3.95. The van der Waals surface area contributed by atoms with E-state index in [-0.39, 0.29) is 0 Å². The van der Waals surface area contributed by atoms with Gasteiger partial charge in [0.15, 0.2) is 0 Å². The molecule has 1 aromatic rings. The highest BCUT2D eigenvalue weighted by Crippen LogP contribution is 2.37. The normalized spacial score (nSPS) is 14.3. The first kappa shape index (κ1) is 14.9. The number of fused-ring (bicyclic) bond motifs is 1. The van der Waals surface area contributed by atoms with Crippen molar-refractivity contribution >= 4 is 15.9 Å². The third kappa shape index (κ3) is 3.96. The lowest BCUT2D eigenvalue weighted by atomic mass is 9.82. The molecule has 0 fully saturated rings. The zero-order valence-corrected chi connectivity index (χ0v) is 13.8. The van der Waals surface area contributed by atoms with Gasteiger partial charge in [-0.05, 0) is 54.6 Å². The van der Waals surface area contributed by atoms with Crippen LogP contribution in [-0.2, 0) is 12.8 Å². The molecule has 19 heavy (non-hydrogen) atoms. The Kier molecular flexibility index (Phi) is 4.91. The van der Waals surface area contributed by atoms with Gasteiger partial charge >= 0.3 is 0 Å². The second-order valence-electron chi connectivity index (χ2n) is 6.10. The first-order chi connectivity index (χ1) is 9.02. The Bertz CT molecular complexity index is 443. The van der Waals surface area contributed by atoms with Crippen molar-refractivity contribution in [2.24, 2.45) is 5.41 Å². The standard InChI is InChI=1S/C16H24BrNO/c1-4-18-7-6-16(2,3)11-13-10-14(17)9-12-5-8-19-15(12)13/h9-10,18H,4-8,11H2,1-3H3. The van der Waals surface area contributed by atoms with Gasteiger partial charge in [-0.25, -0.2) is 0 Å². The molecule has 1 aliphatic heterocycles. The van der Waals surface area contributed by atoms with Gasteiger partial charge in [-0.3, -0.25) is 0 Å². The molecule has 3 heteroatoms. The molecule has 1 aromatic carbocycles. The largest absolute Gasteiger partial charge is 0.493 e. The van der Waals surface area contributed by atoms with Gasteiger partial charge in [0.2, 0.25) is 0 Å². The first-order valence-electron chi connectivity index (χ1n) is 7.16. The van der Waals surface area contributed by atoms with Crippen LogP contribution in [0.3, 0.4) is 0 Å². The molecular formula is C16H24BrNO. The summed E-state index contributed by atoms with van der Waals surface area (Å²) in [5.74, 6) is 1.14. The SMILES string of the molecule is CCNCCC(C)(C)Cc1cc(Br)cc2c1OCC2. The first-order valence-corrected chi connectivity index (χ1v) is 7.96. The van der Waals surface area contributed by atoms with Crippen LogP contribution in [-0.4, -0.2) is 19.7 Å². The van der Waals surface area contributed by atoms with Crippen LogP contribution in [0.4, 0.5) is 0 Å². The molecular weight excluding hydrogens is 302 g/mol. The van der Waals surface area contributed by atoms with Crippen molar-refractivity contribution in [1.82, 2.24) is 5.32 Å². The number of hydrogen-bond acceptors (Lipinski definition) is 2. The minimum atomic E-state index is 0.294. The summed E-state index contributed by atoms with van der Waals surface area (Å²) in [5.41, 5.74) is 3.00. The maximum Gasteiger partial charge on any atom is 0.125 e. The maximum absolute atomic E-state index is 5.82. The molecule has 0 unspecified atom stereocenters. The summed E-state index contributed by atoms with van der Waals surface area (Å²) in [5, 5.41) is 3.41. The number of ether oxygens (including phenoxy) is 1. The minimum absolute atomic E-state index is 0.294. The van der Waals surface area contributed by atoms with E-state index in [0.29, 0.717) is 5.41 Å². The summed E-state index contributed by atoms with van der Waals surface area (Å²) in [6.07, 6.45) is 3.29. The molecule has 0 saturated heterocycles. The highest BCUT2D eigenvalue weighted by molar-refractivity contribution is 9.10. The van der Waals surface area contributed by atoms with Gasteiger partial charge in [-0.15, -0.1) is 0 Å². The van der Waals surface area contributed by atoms with Crippen LogP contribution in [0.1, 0.15) is 38.3 Å². The van der Waals surface area contributed by atoms with E-state index < -0.39 is 0 Å². The average molecular weight is 326 g/mol. The van der Waals surface area contributed by atoms with Crippen molar-refractivity contribution < 1.29 is 4.74 Å². The van der Waals surface area contributed by atoms with Crippen molar-refractivity contribution in [3.8, 4) is 5.75 Å². The van der Waals surface area contributed by atoms with E-state index in [4.69, 9.17) is 4.74 Å². The molecule has 0 atom stereocenters. The predicted molar refractivity (Wildman–Crippen MR) is 84.0 cm³/mol. The summed E-state index contributed by atoms with van der Waals surface area (Å²) in [4.78, 5) is 0. The zero-order chi connectivity index (χ0) is 13.9. The smallest absolute Gasteiger partial charge is 0.125 e. The molecule has 2 rings (SSSR count). The van der Waals surface area contributed by atoms with Crippen molar-refractivity contribution in [3.63, 3.8) is 0 Å². The molecule has 1 N–H and O–H groups in total. The number of rotatable bonds is 6. The molecule has 0 radical (unpaired) electrons. The second-order valence-corrected chi connectivity index (χ2v) is 7.01. The van der Waals surface area contributed by atoms with E-state index in [1.165, 1.54) is 22.0 Å². The van der Waals surface area contributed by atoms with Gasteiger partial charge in [-0.2, -0.15) is 0 Å². The molecule has 2 nitrogen and oxygen atoms in total. The third-order valence-corrected chi connectivity index (χ3v) is 4.18. The average Bonchev–Trinajstić information content (AvgIpc) is 2.76. The van der Waals surface area contributed by atoms with Crippen LogP contribution in [0.5, 0.6) is 5.75 Å². The number of halogens is 1. The van der Waals surface area contributed by atoms with Crippen LogP contribution in [0.2, 0.25) is 0 Å². The van der Waals surface area contributed by atoms with Crippen LogP contribution >= 0.6 is 15.9 Å². The van der Waals surface area contributed by atoms with Crippen LogP contribution in [0, 0.1) is 5.41 Å². The number of hydrogen-bond donors (Lipinski definition) is 1. The molecule has 106 valence electrons. The zero-order valence-electron chi connectivity index (χ0n) is 12.2. The Labute approximate surface area is 125 Å². The summed E-state index contributed by atoms with van der Waals surface area (Å²) in [6, 6.07) is 4.41. The summed E-state index contributed by atoms with van der Waals surface area (Å²) < 4.78 is 6.99. The van der Waals surface area contributed by atoms with Crippen LogP contribution in [0.25, 0.3) is 0 Å². The third-order valence-electron chi connectivity index (χ3n) is 3.72. The van der Waals surface area contributed by atoms with Gasteiger partial charge in [0.1, 0.15) is 5.75 Å². The fourth-order valence-electron chi connectivity index (χ4n) is 2.68. The molecule has 0 saturated carbocycles. The molecule has 0 aliphatic carbocycles. The van der Waals surface area contributed by atoms with Gasteiger partial charge in [0, 0.05) is 10.9 Å². The number of nitrogens with one attached hydrogen (secondary N) is 1. The van der Waals surface area contributed by atoms with Crippen molar-refractivity contribution in [3.05, 3.63) is 27.7 Å². The van der Waals surface area contributed by atoms with Crippen LogP contribution < -0.4 is 10.1 Å². The highest BCUT2D eigenvalue weighted by Gasteiger charge is 2.24. The lowest BCUT2D eigenvalue weighted by molar-refractivity contribution is 0.312. The molecule has 0 amide bonds. The van der Waals surface area contributed by atoms with E-state index in [0.717, 1.165) is 38.3 Å². The van der Waals surface area contributed by atoms with E-state index >= 15 is 0 Å². The maximum atomic E-state index is 5.82. The molecule has 1 aliphatic rings. The fourth-order valence-corrected chi connectivity index (χ4v) is 3.24. The topological polar surface area (TPSA) is 21.3 Å². The minimum Gasteiger partial charge on any atom is -0.493 e. The number of benzene rings is 1. The van der Waals surface area contributed by atoms with Gasteiger partial charge < -0.3 is 10.1 Å². The highest BCUT2D eigenvalue weighted by atomic mass is 79.9. The van der Waals surface area contributed by atoms with Crippen molar-refractivity contribution in [1.29, 1.82) is 0 Å². The monoisotopic (exact) mass is 325 g/mol. The van der Waals surface area contributed by atoms with Crippen LogP contribution in [0.15, 0.2) is 16.6 Å². The fraction of sp³-hybridized carbons (Fsp3) is 0.625. The summed E-state index contributed by atoms with van der Waals surface area (Å²) >= 11 is 3.62. The molecule has 0 aromatic heterocycles. The Morgan fingerprint density at radius 1 is 1.37 bits per heavy atom.